The van der Waals surface area contributed by atoms with Gasteiger partial charge in [-0.25, -0.2) is 0 Å². The molecule has 1 aromatic carbocycles. The summed E-state index contributed by atoms with van der Waals surface area (Å²) in [4.78, 5) is 31.2. The number of hydrogen-bond donors (Lipinski definition) is 0. The Balaban J connectivity index is 1.75. The summed E-state index contributed by atoms with van der Waals surface area (Å²) in [5.41, 5.74) is 2.08. The van der Waals surface area contributed by atoms with Gasteiger partial charge in [0.05, 0.1) is 12.6 Å². The Bertz CT molecular complexity index is 977. The van der Waals surface area contributed by atoms with E-state index in [-0.39, 0.29) is 30.3 Å². The fourth-order valence-corrected chi connectivity index (χ4v) is 5.23. The Morgan fingerprint density at radius 3 is 2.79 bits per heavy atom. The number of carbonyl (C=O) groups excluding carboxylic acids is 2. The zero-order valence-electron chi connectivity index (χ0n) is 20.5. The van der Waals surface area contributed by atoms with Crippen molar-refractivity contribution in [1.82, 2.24) is 9.80 Å². The number of carbonyl (C=O) groups is 2. The number of benzene rings is 1. The van der Waals surface area contributed by atoms with Gasteiger partial charge in [0, 0.05) is 43.1 Å². The number of amides is 2. The third kappa shape index (κ3) is 6.96. The molecule has 186 valence electrons. The van der Waals surface area contributed by atoms with Crippen molar-refractivity contribution in [2.45, 2.75) is 46.1 Å². The van der Waals surface area contributed by atoms with Gasteiger partial charge in [0.1, 0.15) is 12.4 Å². The molecule has 0 spiro atoms. The van der Waals surface area contributed by atoms with Crippen LogP contribution in [0.1, 0.15) is 48.7 Å². The minimum atomic E-state index is -0.195. The molecule has 34 heavy (non-hydrogen) atoms. The summed E-state index contributed by atoms with van der Waals surface area (Å²) >= 11 is 7.87. The highest BCUT2D eigenvalue weighted by atomic mass is 35.5. The minimum absolute atomic E-state index is 0.0112. The summed E-state index contributed by atoms with van der Waals surface area (Å²) in [5, 5.41) is 2.77. The van der Waals surface area contributed by atoms with E-state index in [2.05, 4.69) is 11.4 Å². The lowest BCUT2D eigenvalue weighted by Crippen LogP contribution is -2.48. The first-order chi connectivity index (χ1) is 16.3. The topological polar surface area (TPSA) is 59.1 Å². The van der Waals surface area contributed by atoms with E-state index in [4.69, 9.17) is 21.1 Å². The quantitative estimate of drug-likeness (QED) is 0.396. The Hall–Kier alpha value is -2.09. The third-order valence-corrected chi connectivity index (χ3v) is 7.41. The van der Waals surface area contributed by atoms with Crippen molar-refractivity contribution in [3.05, 3.63) is 50.7 Å². The van der Waals surface area contributed by atoms with Crippen molar-refractivity contribution in [3.8, 4) is 5.75 Å². The lowest BCUT2D eigenvalue weighted by atomic mass is 10.00. The second-order valence-electron chi connectivity index (χ2n) is 9.13. The molecule has 0 saturated carbocycles. The molecule has 1 atom stereocenters. The van der Waals surface area contributed by atoms with Gasteiger partial charge < -0.3 is 19.3 Å². The molecule has 8 heteroatoms. The highest BCUT2D eigenvalue weighted by Crippen LogP contribution is 2.34. The maximum atomic E-state index is 13.5. The van der Waals surface area contributed by atoms with Crippen LogP contribution in [0.4, 0.5) is 0 Å². The average Bonchev–Trinajstić information content (AvgIpc) is 3.27. The van der Waals surface area contributed by atoms with Gasteiger partial charge in [-0.3, -0.25) is 9.59 Å². The van der Waals surface area contributed by atoms with E-state index < -0.39 is 0 Å². The molecule has 1 aliphatic rings. The SMILES string of the molecule is COCCCN(CC(=O)N1CCc2sccc2C1COc1ccc(Cl)c(C)c1)C(=O)CC(C)C. The van der Waals surface area contributed by atoms with Crippen LogP contribution >= 0.6 is 22.9 Å². The van der Waals surface area contributed by atoms with Gasteiger partial charge in [-0.1, -0.05) is 25.4 Å². The molecule has 1 aliphatic heterocycles. The Kier molecular flexibility index (Phi) is 9.80. The van der Waals surface area contributed by atoms with Crippen LogP contribution in [0.15, 0.2) is 29.6 Å². The van der Waals surface area contributed by atoms with Gasteiger partial charge in [0.25, 0.3) is 0 Å². The zero-order chi connectivity index (χ0) is 24.7. The normalized spacial score (nSPS) is 15.4. The largest absolute Gasteiger partial charge is 0.491 e. The van der Waals surface area contributed by atoms with Gasteiger partial charge in [-0.05, 0) is 66.5 Å². The maximum absolute atomic E-state index is 13.5. The number of methoxy groups -OCH3 is 1. The molecular formula is C26H35ClN2O4S. The summed E-state index contributed by atoms with van der Waals surface area (Å²) in [5.74, 6) is 0.925. The molecule has 2 heterocycles. The maximum Gasteiger partial charge on any atom is 0.242 e. The third-order valence-electron chi connectivity index (χ3n) is 5.99. The zero-order valence-corrected chi connectivity index (χ0v) is 22.1. The van der Waals surface area contributed by atoms with Crippen LogP contribution in [0.25, 0.3) is 0 Å². The molecule has 3 rings (SSSR count). The molecule has 1 unspecified atom stereocenters. The van der Waals surface area contributed by atoms with E-state index in [1.54, 1.807) is 23.3 Å². The van der Waals surface area contributed by atoms with E-state index in [1.807, 2.05) is 43.9 Å². The van der Waals surface area contributed by atoms with Gasteiger partial charge in [0.2, 0.25) is 11.8 Å². The lowest BCUT2D eigenvalue weighted by Gasteiger charge is -2.37. The van der Waals surface area contributed by atoms with Crippen LogP contribution in [-0.2, 0) is 20.7 Å². The van der Waals surface area contributed by atoms with Crippen molar-refractivity contribution in [3.63, 3.8) is 0 Å². The summed E-state index contributed by atoms with van der Waals surface area (Å²) in [6, 6.07) is 7.47. The average molecular weight is 507 g/mol. The van der Waals surface area contributed by atoms with Crippen molar-refractivity contribution in [1.29, 1.82) is 0 Å². The molecule has 0 saturated heterocycles. The molecule has 1 aromatic heterocycles. The molecule has 0 fully saturated rings. The number of aryl methyl sites for hydroxylation is 1. The van der Waals surface area contributed by atoms with E-state index in [1.165, 1.54) is 4.88 Å². The fraction of sp³-hybridized carbons (Fsp3) is 0.538. The molecule has 2 amide bonds. The van der Waals surface area contributed by atoms with Gasteiger partial charge in [-0.2, -0.15) is 0 Å². The van der Waals surface area contributed by atoms with Crippen molar-refractivity contribution < 1.29 is 19.1 Å². The smallest absolute Gasteiger partial charge is 0.242 e. The predicted octanol–water partition coefficient (Wildman–Crippen LogP) is 5.13. The standard InChI is InChI=1S/C26H35ClN2O4S/c1-18(2)14-25(30)28(10-5-12-32-4)16-26(31)29-11-8-24-21(9-13-34-24)23(29)17-33-20-6-7-22(27)19(3)15-20/h6-7,9,13,15,18,23H,5,8,10-12,14,16-17H2,1-4H3. The number of thiophene rings is 1. The number of fused-ring (bicyclic) bond motifs is 1. The van der Waals surface area contributed by atoms with Crippen molar-refractivity contribution >= 4 is 34.8 Å². The van der Waals surface area contributed by atoms with Gasteiger partial charge in [0.15, 0.2) is 0 Å². The van der Waals surface area contributed by atoms with Crippen LogP contribution in [-0.4, -0.2) is 61.6 Å². The second-order valence-corrected chi connectivity index (χ2v) is 10.5. The molecule has 0 N–H and O–H groups in total. The highest BCUT2D eigenvalue weighted by molar-refractivity contribution is 7.10. The number of halogens is 1. The summed E-state index contributed by atoms with van der Waals surface area (Å²) in [6.45, 7) is 8.07. The minimum Gasteiger partial charge on any atom is -0.491 e. The van der Waals surface area contributed by atoms with Crippen LogP contribution in [0.5, 0.6) is 5.75 Å². The first kappa shape index (κ1) is 26.5. The molecule has 6 nitrogen and oxygen atoms in total. The Morgan fingerprint density at radius 1 is 1.29 bits per heavy atom. The summed E-state index contributed by atoms with van der Waals surface area (Å²) < 4.78 is 11.3. The van der Waals surface area contributed by atoms with E-state index in [0.29, 0.717) is 44.2 Å². The Labute approximate surface area is 211 Å². The summed E-state index contributed by atoms with van der Waals surface area (Å²) in [6.07, 6.45) is 1.95. The molecule has 0 bridgehead atoms. The van der Waals surface area contributed by atoms with E-state index in [0.717, 1.165) is 23.3 Å². The number of ether oxygens (including phenoxy) is 2. The van der Waals surface area contributed by atoms with Crippen LogP contribution < -0.4 is 4.74 Å². The fourth-order valence-electron chi connectivity index (χ4n) is 4.18. The first-order valence-corrected chi connectivity index (χ1v) is 13.1. The number of rotatable bonds is 11. The van der Waals surface area contributed by atoms with Crippen LogP contribution in [0.2, 0.25) is 5.02 Å². The molecule has 0 radical (unpaired) electrons. The van der Waals surface area contributed by atoms with Crippen molar-refractivity contribution in [2.75, 3.05) is 40.0 Å². The second kappa shape index (κ2) is 12.6. The lowest BCUT2D eigenvalue weighted by molar-refractivity contribution is -0.143. The van der Waals surface area contributed by atoms with E-state index >= 15 is 0 Å². The van der Waals surface area contributed by atoms with Crippen molar-refractivity contribution in [2.24, 2.45) is 5.92 Å². The molecule has 2 aromatic rings. The number of nitrogens with zero attached hydrogens (tertiary/aromatic N) is 2. The van der Waals surface area contributed by atoms with Gasteiger partial charge >= 0.3 is 0 Å². The predicted molar refractivity (Wildman–Crippen MR) is 137 cm³/mol. The first-order valence-electron chi connectivity index (χ1n) is 11.8. The molecular weight excluding hydrogens is 472 g/mol. The molecule has 0 aliphatic carbocycles. The van der Waals surface area contributed by atoms with Gasteiger partial charge in [-0.15, -0.1) is 11.3 Å². The van der Waals surface area contributed by atoms with Crippen LogP contribution in [0.3, 0.4) is 0 Å². The highest BCUT2D eigenvalue weighted by Gasteiger charge is 2.33. The number of hydrogen-bond acceptors (Lipinski definition) is 5. The summed E-state index contributed by atoms with van der Waals surface area (Å²) in [7, 11) is 1.64. The van der Waals surface area contributed by atoms with E-state index in [9.17, 15) is 9.59 Å². The Morgan fingerprint density at radius 2 is 2.09 bits per heavy atom. The van der Waals surface area contributed by atoms with Crippen LogP contribution in [0, 0.1) is 12.8 Å². The monoisotopic (exact) mass is 506 g/mol.